The second-order valence-corrected chi connectivity index (χ2v) is 7.38. The van der Waals surface area contributed by atoms with Crippen LogP contribution in [0.25, 0.3) is 22.6 Å². The van der Waals surface area contributed by atoms with E-state index >= 15 is 0 Å². The number of carbonyl (C=O) groups excluding carboxylic acids is 1. The van der Waals surface area contributed by atoms with E-state index < -0.39 is 0 Å². The number of benzene rings is 2. The first kappa shape index (κ1) is 19.1. The van der Waals surface area contributed by atoms with E-state index in [9.17, 15) is 4.79 Å². The van der Waals surface area contributed by atoms with Crippen LogP contribution < -0.4 is 14.8 Å². The second kappa shape index (κ2) is 8.10. The van der Waals surface area contributed by atoms with Crippen LogP contribution in [-0.2, 0) is 13.1 Å². The van der Waals surface area contributed by atoms with Gasteiger partial charge in [0.15, 0.2) is 17.1 Å². The number of rotatable bonds is 6. The highest BCUT2D eigenvalue weighted by atomic mass is 16.7. The zero-order valence-electron chi connectivity index (χ0n) is 17.2. The average molecular weight is 414 g/mol. The number of nitrogens with one attached hydrogen (secondary N) is 1. The molecule has 0 saturated heterocycles. The summed E-state index contributed by atoms with van der Waals surface area (Å²) < 4.78 is 12.8. The van der Waals surface area contributed by atoms with Crippen molar-refractivity contribution in [2.24, 2.45) is 0 Å². The van der Waals surface area contributed by atoms with Gasteiger partial charge in [0.05, 0.1) is 0 Å². The molecule has 0 radical (unpaired) electrons. The fourth-order valence-electron chi connectivity index (χ4n) is 3.75. The lowest BCUT2D eigenvalue weighted by molar-refractivity contribution is 0.0951. The van der Waals surface area contributed by atoms with E-state index in [1.54, 1.807) is 6.20 Å². The third-order valence-corrected chi connectivity index (χ3v) is 5.22. The lowest BCUT2D eigenvalue weighted by Gasteiger charge is -2.10. The normalized spacial score (nSPS) is 12.3. The van der Waals surface area contributed by atoms with Gasteiger partial charge in [0, 0.05) is 30.4 Å². The van der Waals surface area contributed by atoms with Gasteiger partial charge in [-0.3, -0.25) is 4.79 Å². The number of aromatic nitrogens is 3. The van der Waals surface area contributed by atoms with Crippen LogP contribution in [0.15, 0.2) is 60.8 Å². The van der Waals surface area contributed by atoms with Gasteiger partial charge in [0.2, 0.25) is 6.79 Å². The fraction of sp³-hybridized carbons (Fsp3) is 0.208. The number of carbonyl (C=O) groups is 1. The molecule has 7 heteroatoms. The summed E-state index contributed by atoms with van der Waals surface area (Å²) >= 11 is 0. The standard InChI is InChI=1S/C24H22N4O3/c1-2-11-28-22(27-19-7-4-10-25-23(19)28)17-5-3-6-18(13-17)24(29)26-14-16-8-9-20-21(12-16)31-15-30-20/h3-10,12-13H,2,11,14-15H2,1H3,(H,26,29). The summed E-state index contributed by atoms with van der Waals surface area (Å²) in [6.07, 6.45) is 2.74. The molecule has 0 saturated carbocycles. The number of aryl methyl sites for hydroxylation is 1. The molecule has 0 spiro atoms. The van der Waals surface area contributed by atoms with Gasteiger partial charge in [-0.2, -0.15) is 0 Å². The van der Waals surface area contributed by atoms with Crippen LogP contribution in [0, 0.1) is 0 Å². The number of amides is 1. The Morgan fingerprint density at radius 3 is 2.90 bits per heavy atom. The molecule has 1 aliphatic rings. The minimum absolute atomic E-state index is 0.143. The first-order chi connectivity index (χ1) is 15.2. The minimum Gasteiger partial charge on any atom is -0.454 e. The summed E-state index contributed by atoms with van der Waals surface area (Å²) in [5.41, 5.74) is 4.13. The highest BCUT2D eigenvalue weighted by molar-refractivity contribution is 5.95. The highest BCUT2D eigenvalue weighted by Gasteiger charge is 2.16. The Morgan fingerprint density at radius 1 is 1.10 bits per heavy atom. The van der Waals surface area contributed by atoms with Crippen LogP contribution in [0.5, 0.6) is 11.5 Å². The topological polar surface area (TPSA) is 78.3 Å². The Balaban J connectivity index is 1.38. The van der Waals surface area contributed by atoms with Crippen molar-refractivity contribution in [2.75, 3.05) is 6.79 Å². The summed E-state index contributed by atoms with van der Waals surface area (Å²) in [4.78, 5) is 22.1. The molecule has 4 aromatic rings. The quantitative estimate of drug-likeness (QED) is 0.512. The largest absolute Gasteiger partial charge is 0.454 e. The zero-order chi connectivity index (χ0) is 21.2. The molecule has 156 valence electrons. The third-order valence-electron chi connectivity index (χ3n) is 5.22. The number of imidazole rings is 1. The maximum absolute atomic E-state index is 12.8. The van der Waals surface area contributed by atoms with E-state index in [1.807, 2.05) is 54.6 Å². The molecule has 5 rings (SSSR count). The molecule has 7 nitrogen and oxygen atoms in total. The maximum Gasteiger partial charge on any atom is 0.251 e. The SMILES string of the molecule is CCCn1c(-c2cccc(C(=O)NCc3ccc4c(c3)OCO4)c2)nc2cccnc21. The van der Waals surface area contributed by atoms with Crippen LogP contribution in [0.4, 0.5) is 0 Å². The molecule has 0 aliphatic carbocycles. The Morgan fingerprint density at radius 2 is 2.00 bits per heavy atom. The lowest BCUT2D eigenvalue weighted by atomic mass is 10.1. The van der Waals surface area contributed by atoms with Gasteiger partial charge < -0.3 is 19.4 Å². The molecular weight excluding hydrogens is 392 g/mol. The first-order valence-corrected chi connectivity index (χ1v) is 10.3. The number of pyridine rings is 1. The van der Waals surface area contributed by atoms with E-state index in [4.69, 9.17) is 14.5 Å². The molecule has 1 N–H and O–H groups in total. The number of fused-ring (bicyclic) bond motifs is 2. The van der Waals surface area contributed by atoms with Crippen molar-refractivity contribution in [1.82, 2.24) is 19.9 Å². The fourth-order valence-corrected chi connectivity index (χ4v) is 3.75. The van der Waals surface area contributed by atoms with Crippen molar-refractivity contribution in [3.05, 3.63) is 71.9 Å². The Labute approximate surface area is 179 Å². The van der Waals surface area contributed by atoms with Crippen molar-refractivity contribution in [3.8, 4) is 22.9 Å². The summed E-state index contributed by atoms with van der Waals surface area (Å²) in [7, 11) is 0. The van der Waals surface area contributed by atoms with Gasteiger partial charge in [0.1, 0.15) is 11.3 Å². The van der Waals surface area contributed by atoms with Crippen molar-refractivity contribution >= 4 is 17.1 Å². The second-order valence-electron chi connectivity index (χ2n) is 7.38. The molecule has 1 amide bonds. The predicted molar refractivity (Wildman–Crippen MR) is 117 cm³/mol. The van der Waals surface area contributed by atoms with Gasteiger partial charge in [0.25, 0.3) is 5.91 Å². The van der Waals surface area contributed by atoms with Crippen LogP contribution in [0.2, 0.25) is 0 Å². The van der Waals surface area contributed by atoms with Gasteiger partial charge in [-0.05, 0) is 48.4 Å². The molecule has 0 fully saturated rings. The summed E-state index contributed by atoms with van der Waals surface area (Å²) in [5, 5.41) is 2.98. The van der Waals surface area contributed by atoms with Crippen molar-refractivity contribution < 1.29 is 14.3 Å². The van der Waals surface area contributed by atoms with Crippen LogP contribution in [-0.4, -0.2) is 27.2 Å². The number of hydrogen-bond acceptors (Lipinski definition) is 5. The van der Waals surface area contributed by atoms with Gasteiger partial charge >= 0.3 is 0 Å². The molecule has 31 heavy (non-hydrogen) atoms. The van der Waals surface area contributed by atoms with Crippen LogP contribution >= 0.6 is 0 Å². The smallest absolute Gasteiger partial charge is 0.251 e. The number of nitrogens with zero attached hydrogens (tertiary/aromatic N) is 3. The van der Waals surface area contributed by atoms with Crippen molar-refractivity contribution in [3.63, 3.8) is 0 Å². The molecule has 2 aromatic carbocycles. The highest BCUT2D eigenvalue weighted by Crippen LogP contribution is 2.32. The lowest BCUT2D eigenvalue weighted by Crippen LogP contribution is -2.22. The zero-order valence-corrected chi connectivity index (χ0v) is 17.2. The maximum atomic E-state index is 12.8. The monoisotopic (exact) mass is 414 g/mol. The predicted octanol–water partition coefficient (Wildman–Crippen LogP) is 4.17. The van der Waals surface area contributed by atoms with Crippen LogP contribution in [0.1, 0.15) is 29.3 Å². The molecule has 0 atom stereocenters. The van der Waals surface area contributed by atoms with E-state index in [2.05, 4.69) is 21.8 Å². The van der Waals surface area contributed by atoms with E-state index in [0.717, 1.165) is 46.8 Å². The van der Waals surface area contributed by atoms with E-state index in [0.29, 0.717) is 17.9 Å². The third kappa shape index (κ3) is 3.70. The molecule has 1 aliphatic heterocycles. The summed E-state index contributed by atoms with van der Waals surface area (Å²) in [5.74, 6) is 2.11. The minimum atomic E-state index is -0.143. The molecule has 2 aromatic heterocycles. The first-order valence-electron chi connectivity index (χ1n) is 10.3. The van der Waals surface area contributed by atoms with E-state index in [-0.39, 0.29) is 12.7 Å². The van der Waals surface area contributed by atoms with Gasteiger partial charge in [-0.15, -0.1) is 0 Å². The van der Waals surface area contributed by atoms with E-state index in [1.165, 1.54) is 0 Å². The summed E-state index contributed by atoms with van der Waals surface area (Å²) in [6, 6.07) is 17.1. The molecular formula is C24H22N4O3. The number of ether oxygens (including phenoxy) is 2. The Kier molecular flexibility index (Phi) is 5.00. The van der Waals surface area contributed by atoms with Gasteiger partial charge in [-0.25, -0.2) is 9.97 Å². The number of hydrogen-bond donors (Lipinski definition) is 1. The van der Waals surface area contributed by atoms with Crippen molar-refractivity contribution in [1.29, 1.82) is 0 Å². The Bertz CT molecular complexity index is 1260. The molecule has 3 heterocycles. The Hall–Kier alpha value is -3.87. The summed E-state index contributed by atoms with van der Waals surface area (Å²) in [6.45, 7) is 3.57. The molecule has 0 bridgehead atoms. The van der Waals surface area contributed by atoms with Crippen molar-refractivity contribution in [2.45, 2.75) is 26.4 Å². The van der Waals surface area contributed by atoms with Gasteiger partial charge in [-0.1, -0.05) is 25.1 Å². The average Bonchev–Trinajstić information content (AvgIpc) is 3.42. The molecule has 0 unspecified atom stereocenters. The van der Waals surface area contributed by atoms with Crippen LogP contribution in [0.3, 0.4) is 0 Å².